The number of hydrogen-bond acceptors (Lipinski definition) is 6. The Kier molecular flexibility index (Phi) is 11.6. The van der Waals surface area contributed by atoms with E-state index in [1.54, 1.807) is 0 Å². The lowest BCUT2D eigenvalue weighted by molar-refractivity contribution is 0.00247. The minimum Gasteiger partial charge on any atom is -0.376 e. The van der Waals surface area contributed by atoms with Gasteiger partial charge < -0.3 is 30.4 Å². The highest BCUT2D eigenvalue weighted by atomic mass is 32.1. The van der Waals surface area contributed by atoms with Gasteiger partial charge in [-0.15, -0.1) is 25.3 Å². The van der Waals surface area contributed by atoms with E-state index in [0.29, 0.717) is 9.54 Å². The topological polar surface area (TPSA) is 78.2 Å². The molecule has 0 radical (unpaired) electrons. The van der Waals surface area contributed by atoms with Gasteiger partial charge in [-0.3, -0.25) is 9.13 Å². The Morgan fingerprint density at radius 2 is 1.08 bits per heavy atom. The predicted octanol–water partition coefficient (Wildman–Crippen LogP) is 6.59. The molecule has 0 fully saturated rings. The molecule has 39 heavy (non-hydrogen) atoms. The fourth-order valence-corrected chi connectivity index (χ4v) is 6.68. The first-order valence-electron chi connectivity index (χ1n) is 13.1. The smallest absolute Gasteiger partial charge is 0.182 e. The van der Waals surface area contributed by atoms with E-state index < -0.39 is 0 Å². The van der Waals surface area contributed by atoms with E-state index >= 15 is 0 Å². The van der Waals surface area contributed by atoms with Crippen molar-refractivity contribution in [3.8, 4) is 0 Å². The molecule has 0 saturated carbocycles. The molecule has 0 aliphatic carbocycles. The third-order valence-electron chi connectivity index (χ3n) is 7.79. The van der Waals surface area contributed by atoms with Gasteiger partial charge in [0.05, 0.1) is 16.7 Å². The van der Waals surface area contributed by atoms with Crippen molar-refractivity contribution >= 4 is 84.4 Å². The van der Waals surface area contributed by atoms with E-state index in [9.17, 15) is 0 Å². The zero-order chi connectivity index (χ0) is 30.0. The van der Waals surface area contributed by atoms with Crippen molar-refractivity contribution in [3.63, 3.8) is 0 Å². The number of aryl methyl sites for hydroxylation is 2. The van der Waals surface area contributed by atoms with Gasteiger partial charge in [-0.1, -0.05) is 41.5 Å². The maximum absolute atomic E-state index is 6.50. The van der Waals surface area contributed by atoms with Crippen LogP contribution in [0.2, 0.25) is 0 Å². The predicted molar refractivity (Wildman–Crippen MR) is 181 cm³/mol. The lowest BCUT2D eigenvalue weighted by Crippen LogP contribution is -2.57. The van der Waals surface area contributed by atoms with Crippen LogP contribution in [-0.2, 0) is 13.1 Å². The fourth-order valence-electron chi connectivity index (χ4n) is 4.79. The summed E-state index contributed by atoms with van der Waals surface area (Å²) < 4.78 is 9.30. The van der Waals surface area contributed by atoms with Gasteiger partial charge in [0.25, 0.3) is 0 Å². The van der Waals surface area contributed by atoms with Crippen LogP contribution in [0.1, 0.15) is 80.6 Å². The van der Waals surface area contributed by atoms with Crippen LogP contribution in [0, 0.1) is 20.4 Å². The van der Waals surface area contributed by atoms with Crippen molar-refractivity contribution in [1.29, 1.82) is 0 Å². The van der Waals surface area contributed by atoms with Crippen LogP contribution in [0.25, 0.3) is 0 Å². The molecule has 0 aromatic carbocycles. The normalized spacial score (nSPS) is 13.8. The molecule has 2 heterocycles. The van der Waals surface area contributed by atoms with Gasteiger partial charge in [0, 0.05) is 36.3 Å². The van der Waals surface area contributed by atoms with Crippen LogP contribution in [0.3, 0.4) is 0 Å². The zero-order valence-corrected chi connectivity index (χ0v) is 29.3. The lowest BCUT2D eigenvalue weighted by atomic mass is 9.84. The van der Waals surface area contributed by atoms with E-state index in [2.05, 4.69) is 41.5 Å². The molecule has 2 unspecified atom stereocenters. The maximum Gasteiger partial charge on any atom is 0.182 e. The van der Waals surface area contributed by atoms with Crippen LogP contribution >= 0.6 is 74.1 Å². The largest absolute Gasteiger partial charge is 0.376 e. The lowest BCUT2D eigenvalue weighted by Gasteiger charge is -2.49. The Morgan fingerprint density at radius 3 is 1.28 bits per heavy atom. The van der Waals surface area contributed by atoms with E-state index in [0.717, 1.165) is 36.0 Å². The summed E-state index contributed by atoms with van der Waals surface area (Å²) in [5.74, 6) is 0. The van der Waals surface area contributed by atoms with Crippen molar-refractivity contribution in [2.75, 3.05) is 6.67 Å². The monoisotopic (exact) mass is 648 g/mol. The molecule has 220 valence electrons. The number of nitrogens with zero attached hydrogens (tertiary/aromatic N) is 6. The van der Waals surface area contributed by atoms with Gasteiger partial charge in [0.1, 0.15) is 12.3 Å². The molecule has 0 amide bonds. The minimum atomic E-state index is -0.362. The third kappa shape index (κ3) is 6.88. The van der Waals surface area contributed by atoms with Gasteiger partial charge in [0.2, 0.25) is 0 Å². The molecular formula is C25H44N8S6. The quantitative estimate of drug-likeness (QED) is 0.117. The van der Waals surface area contributed by atoms with Gasteiger partial charge in [-0.2, -0.15) is 0 Å². The summed E-state index contributed by atoms with van der Waals surface area (Å²) in [6, 6.07) is 0. The van der Waals surface area contributed by atoms with Crippen molar-refractivity contribution in [1.82, 2.24) is 28.1 Å². The Hall–Kier alpha value is -1.06. The van der Waals surface area contributed by atoms with E-state index in [-0.39, 0.29) is 40.1 Å². The fraction of sp³-hybridized carbons (Fsp3) is 0.680. The van der Waals surface area contributed by atoms with Gasteiger partial charge in [-0.05, 0) is 75.6 Å². The second kappa shape index (κ2) is 13.3. The van der Waals surface area contributed by atoms with Crippen molar-refractivity contribution < 1.29 is 0 Å². The molecular weight excluding hydrogens is 605 g/mol. The highest BCUT2D eigenvalue weighted by Crippen LogP contribution is 2.43. The second-order valence-electron chi connectivity index (χ2n) is 11.0. The van der Waals surface area contributed by atoms with Crippen molar-refractivity contribution in [3.05, 3.63) is 21.9 Å². The molecule has 4 N–H and O–H groups in total. The molecule has 0 spiro atoms. The number of thiol groups is 2. The molecule has 0 aliphatic heterocycles. The first kappa shape index (κ1) is 34.1. The molecule has 0 bridgehead atoms. The summed E-state index contributed by atoms with van der Waals surface area (Å²) in [5, 5.41) is 1.86. The Morgan fingerprint density at radius 1 is 0.769 bits per heavy atom. The third-order valence-corrected chi connectivity index (χ3v) is 9.79. The van der Waals surface area contributed by atoms with Crippen molar-refractivity contribution in [2.45, 2.75) is 104 Å². The summed E-state index contributed by atoms with van der Waals surface area (Å²) in [5.41, 5.74) is 12.4. The molecule has 2 aromatic heterocycles. The van der Waals surface area contributed by atoms with Crippen molar-refractivity contribution in [2.24, 2.45) is 22.3 Å². The summed E-state index contributed by atoms with van der Waals surface area (Å²) in [7, 11) is 0. The number of aromatic nitrogens is 4. The summed E-state index contributed by atoms with van der Waals surface area (Å²) in [4.78, 5) is 3.90. The Balaban J connectivity index is 2.85. The SMILES string of the molecule is CCn1cc(S)n(C(N(CN(C(N)=S)C(n2c(S)cn(CC)c2=S)C(C)(C)CC)C(N)=S)C(C)(C)CC)c1=S. The molecule has 0 saturated heterocycles. The highest BCUT2D eigenvalue weighted by molar-refractivity contribution is 7.80. The number of nitrogens with two attached hydrogens (primary N) is 2. The number of rotatable bonds is 12. The van der Waals surface area contributed by atoms with E-state index in [4.69, 9.17) is 85.6 Å². The average molecular weight is 649 g/mol. The minimum absolute atomic E-state index is 0.204. The van der Waals surface area contributed by atoms with Crippen LogP contribution in [0.15, 0.2) is 22.4 Å². The summed E-state index contributed by atoms with van der Waals surface area (Å²) in [6.07, 6.45) is 4.81. The Labute approximate surface area is 265 Å². The summed E-state index contributed by atoms with van der Waals surface area (Å²) in [6.45, 7) is 18.7. The van der Waals surface area contributed by atoms with Gasteiger partial charge in [0.15, 0.2) is 19.8 Å². The summed E-state index contributed by atoms with van der Waals surface area (Å²) >= 11 is 32.8. The van der Waals surface area contributed by atoms with Crippen LogP contribution < -0.4 is 11.5 Å². The molecule has 2 atom stereocenters. The molecule has 2 aromatic rings. The average Bonchev–Trinajstić information content (AvgIpc) is 3.31. The number of hydrogen-bond donors (Lipinski definition) is 4. The first-order chi connectivity index (χ1) is 18.0. The molecule has 8 nitrogen and oxygen atoms in total. The second-order valence-corrected chi connectivity index (χ2v) is 13.5. The zero-order valence-electron chi connectivity index (χ0n) is 24.2. The first-order valence-corrected chi connectivity index (χ1v) is 15.7. The standard InChI is InChI=1S/C25H44N8S6/c1-9-24(5,6)18(32-16(34)13-28(11-3)22(32)38)30(20(26)36)15-31(21(27)37)19(25(7,8)10-2)33-17(35)14-29(12-4)23(33)39/h13-14,18-19,34-35H,9-12,15H2,1-8H3,(H2,26,36)(H2,27,37). The molecule has 2 rings (SSSR count). The van der Waals surface area contributed by atoms with Gasteiger partial charge >= 0.3 is 0 Å². The highest BCUT2D eigenvalue weighted by Gasteiger charge is 2.42. The van der Waals surface area contributed by atoms with Crippen LogP contribution in [0.5, 0.6) is 0 Å². The molecule has 14 heteroatoms. The molecule has 0 aliphatic rings. The van der Waals surface area contributed by atoms with Crippen LogP contribution in [-0.4, -0.2) is 45.0 Å². The van der Waals surface area contributed by atoms with E-state index in [1.165, 1.54) is 0 Å². The van der Waals surface area contributed by atoms with Crippen LogP contribution in [0.4, 0.5) is 0 Å². The van der Waals surface area contributed by atoms with E-state index in [1.807, 2.05) is 54.3 Å². The Bertz CT molecular complexity index is 1200. The maximum atomic E-state index is 6.50. The number of thiocarbonyl (C=S) groups is 2. The van der Waals surface area contributed by atoms with Gasteiger partial charge in [-0.25, -0.2) is 0 Å². The number of imidazole rings is 2.